The highest BCUT2D eigenvalue weighted by atomic mass is 32.2. The molecule has 0 saturated carbocycles. The summed E-state index contributed by atoms with van der Waals surface area (Å²) in [4.78, 5) is 0.271. The molecule has 3 aromatic heterocycles. The molecular formula is C24H21N5O4S. The number of nitrogens with zero attached hydrogens (tertiary/aromatic N) is 5. The zero-order valence-corrected chi connectivity index (χ0v) is 19.2. The van der Waals surface area contributed by atoms with Crippen molar-refractivity contribution < 1.29 is 17.6 Å². The van der Waals surface area contributed by atoms with Gasteiger partial charge in [-0.25, -0.2) is 8.42 Å². The molecule has 0 bridgehead atoms. The molecule has 0 N–H and O–H groups in total. The largest absolute Gasteiger partial charge is 0.461 e. The Morgan fingerprint density at radius 1 is 0.941 bits per heavy atom. The van der Waals surface area contributed by atoms with Gasteiger partial charge in [0.15, 0.2) is 11.4 Å². The zero-order chi connectivity index (χ0) is 23.3. The van der Waals surface area contributed by atoms with Gasteiger partial charge in [0.25, 0.3) is 0 Å². The van der Waals surface area contributed by atoms with Crippen LogP contribution in [0, 0.1) is 6.92 Å². The van der Waals surface area contributed by atoms with E-state index in [9.17, 15) is 8.42 Å². The highest BCUT2D eigenvalue weighted by Gasteiger charge is 2.28. The van der Waals surface area contributed by atoms with Crippen LogP contribution < -0.4 is 0 Å². The van der Waals surface area contributed by atoms with Gasteiger partial charge < -0.3 is 9.15 Å². The SMILES string of the molecule is Cc1ccc(-c2nn3c(-c4ccco4)nnc3c3ccccc23)cc1S(=O)(=O)N1CCOCC1. The fraction of sp³-hybridized carbons (Fsp3) is 0.208. The van der Waals surface area contributed by atoms with E-state index >= 15 is 0 Å². The summed E-state index contributed by atoms with van der Waals surface area (Å²) in [6, 6.07) is 16.8. The van der Waals surface area contributed by atoms with E-state index in [2.05, 4.69) is 10.2 Å². The maximum absolute atomic E-state index is 13.4. The van der Waals surface area contributed by atoms with Gasteiger partial charge in [-0.3, -0.25) is 0 Å². The molecule has 10 heteroatoms. The monoisotopic (exact) mass is 475 g/mol. The van der Waals surface area contributed by atoms with E-state index in [0.29, 0.717) is 60.4 Å². The first-order valence-electron chi connectivity index (χ1n) is 10.9. The molecule has 6 rings (SSSR count). The van der Waals surface area contributed by atoms with Crippen LogP contribution in [0.1, 0.15) is 5.56 Å². The molecule has 1 saturated heterocycles. The summed E-state index contributed by atoms with van der Waals surface area (Å²) in [7, 11) is -3.67. The van der Waals surface area contributed by atoms with E-state index < -0.39 is 10.0 Å². The maximum Gasteiger partial charge on any atom is 0.243 e. The third kappa shape index (κ3) is 3.30. The lowest BCUT2D eigenvalue weighted by Gasteiger charge is -2.26. The molecular weight excluding hydrogens is 454 g/mol. The van der Waals surface area contributed by atoms with Crippen molar-refractivity contribution in [3.05, 3.63) is 66.4 Å². The molecule has 1 fully saturated rings. The minimum atomic E-state index is -3.67. The standard InChI is InChI=1S/C24H21N5O4S/c1-16-8-9-17(15-21(16)34(30,31)28-10-13-32-14-11-28)22-18-5-2-3-6-19(18)23-25-26-24(29(23)27-22)20-7-4-12-33-20/h2-9,12,15H,10-11,13-14H2,1H3. The Hall–Kier alpha value is -3.60. The molecule has 0 unspecified atom stereocenters. The number of morpholine rings is 1. The van der Waals surface area contributed by atoms with E-state index in [1.807, 2.05) is 36.4 Å². The van der Waals surface area contributed by atoms with Crippen LogP contribution in [0.15, 0.2) is 70.2 Å². The van der Waals surface area contributed by atoms with Gasteiger partial charge in [0.1, 0.15) is 0 Å². The first-order chi connectivity index (χ1) is 16.5. The van der Waals surface area contributed by atoms with Crippen LogP contribution in [0.25, 0.3) is 39.3 Å². The van der Waals surface area contributed by atoms with Gasteiger partial charge in [0, 0.05) is 29.4 Å². The molecule has 0 spiro atoms. The lowest BCUT2D eigenvalue weighted by molar-refractivity contribution is 0.0730. The Labute approximate surface area is 195 Å². The smallest absolute Gasteiger partial charge is 0.243 e. The van der Waals surface area contributed by atoms with Crippen molar-refractivity contribution >= 4 is 26.4 Å². The van der Waals surface area contributed by atoms with Gasteiger partial charge >= 0.3 is 0 Å². The fourth-order valence-electron chi connectivity index (χ4n) is 4.30. The third-order valence-electron chi connectivity index (χ3n) is 6.05. The van der Waals surface area contributed by atoms with Gasteiger partial charge in [-0.1, -0.05) is 36.4 Å². The van der Waals surface area contributed by atoms with Crippen molar-refractivity contribution in [2.24, 2.45) is 0 Å². The number of ether oxygens (including phenoxy) is 1. The van der Waals surface area contributed by atoms with E-state index in [4.69, 9.17) is 14.3 Å². The van der Waals surface area contributed by atoms with Crippen molar-refractivity contribution in [1.82, 2.24) is 24.1 Å². The first kappa shape index (κ1) is 21.0. The third-order valence-corrected chi connectivity index (χ3v) is 8.10. The van der Waals surface area contributed by atoms with E-state index in [1.54, 1.807) is 35.9 Å². The number of furan rings is 1. The van der Waals surface area contributed by atoms with Crippen molar-refractivity contribution in [3.63, 3.8) is 0 Å². The number of benzene rings is 2. The second-order valence-electron chi connectivity index (χ2n) is 8.13. The molecule has 1 aliphatic rings. The molecule has 5 aromatic rings. The number of hydrogen-bond donors (Lipinski definition) is 0. The summed E-state index contributed by atoms with van der Waals surface area (Å²) >= 11 is 0. The summed E-state index contributed by atoms with van der Waals surface area (Å²) in [6.45, 7) is 3.27. The minimum absolute atomic E-state index is 0.271. The van der Waals surface area contributed by atoms with Crippen LogP contribution in [0.3, 0.4) is 0 Å². The molecule has 34 heavy (non-hydrogen) atoms. The number of rotatable bonds is 4. The number of aromatic nitrogens is 4. The fourth-order valence-corrected chi connectivity index (χ4v) is 5.96. The van der Waals surface area contributed by atoms with Crippen molar-refractivity contribution in [2.75, 3.05) is 26.3 Å². The Bertz CT molecular complexity index is 1620. The maximum atomic E-state index is 13.4. The minimum Gasteiger partial charge on any atom is -0.461 e. The summed E-state index contributed by atoms with van der Waals surface area (Å²) in [5.74, 6) is 1.01. The van der Waals surface area contributed by atoms with Crippen LogP contribution in [-0.4, -0.2) is 58.8 Å². The van der Waals surface area contributed by atoms with Crippen molar-refractivity contribution in [3.8, 4) is 22.8 Å². The quantitative estimate of drug-likeness (QED) is 0.392. The van der Waals surface area contributed by atoms with Crippen LogP contribution in [0.4, 0.5) is 0 Å². The Kier molecular flexibility index (Phi) is 4.94. The summed E-state index contributed by atoms with van der Waals surface area (Å²) in [5, 5.41) is 15.2. The summed E-state index contributed by atoms with van der Waals surface area (Å²) < 4.78 is 40.9. The highest BCUT2D eigenvalue weighted by Crippen LogP contribution is 2.33. The van der Waals surface area contributed by atoms with E-state index in [0.717, 1.165) is 10.8 Å². The second kappa shape index (κ2) is 8.01. The highest BCUT2D eigenvalue weighted by molar-refractivity contribution is 7.89. The molecule has 9 nitrogen and oxygen atoms in total. The average Bonchev–Trinajstić information content (AvgIpc) is 3.54. The lowest BCUT2D eigenvalue weighted by Crippen LogP contribution is -2.40. The van der Waals surface area contributed by atoms with Crippen LogP contribution in [-0.2, 0) is 14.8 Å². The molecule has 0 amide bonds. The lowest BCUT2D eigenvalue weighted by atomic mass is 10.0. The number of hydrogen-bond acceptors (Lipinski definition) is 7. The number of fused-ring (bicyclic) bond motifs is 3. The molecule has 2 aromatic carbocycles. The molecule has 0 aliphatic carbocycles. The van der Waals surface area contributed by atoms with Gasteiger partial charge in [0.2, 0.25) is 15.8 Å². The van der Waals surface area contributed by atoms with Gasteiger partial charge in [-0.15, -0.1) is 10.2 Å². The Morgan fingerprint density at radius 3 is 2.50 bits per heavy atom. The Balaban J connectivity index is 1.58. The predicted octanol–water partition coefficient (Wildman–Crippen LogP) is 3.53. The molecule has 0 radical (unpaired) electrons. The molecule has 1 aliphatic heterocycles. The van der Waals surface area contributed by atoms with Gasteiger partial charge in [-0.2, -0.15) is 13.9 Å². The Morgan fingerprint density at radius 2 is 1.74 bits per heavy atom. The first-order valence-corrected chi connectivity index (χ1v) is 12.3. The topological polar surface area (TPSA) is 103 Å². The molecule has 4 heterocycles. The van der Waals surface area contributed by atoms with Crippen LogP contribution >= 0.6 is 0 Å². The normalized spacial score (nSPS) is 15.3. The second-order valence-corrected chi connectivity index (χ2v) is 10.0. The van der Waals surface area contributed by atoms with Crippen molar-refractivity contribution in [1.29, 1.82) is 0 Å². The van der Waals surface area contributed by atoms with E-state index in [1.165, 1.54) is 4.31 Å². The number of aryl methyl sites for hydroxylation is 1. The van der Waals surface area contributed by atoms with Gasteiger partial charge in [0.05, 0.1) is 30.1 Å². The summed E-state index contributed by atoms with van der Waals surface area (Å²) in [6.07, 6.45) is 1.57. The summed E-state index contributed by atoms with van der Waals surface area (Å²) in [5.41, 5.74) is 2.60. The van der Waals surface area contributed by atoms with Crippen LogP contribution in [0.5, 0.6) is 0 Å². The molecule has 172 valence electrons. The van der Waals surface area contributed by atoms with Crippen molar-refractivity contribution in [2.45, 2.75) is 11.8 Å². The zero-order valence-electron chi connectivity index (χ0n) is 18.4. The van der Waals surface area contributed by atoms with Crippen LogP contribution in [0.2, 0.25) is 0 Å². The van der Waals surface area contributed by atoms with Gasteiger partial charge in [-0.05, 0) is 30.7 Å². The average molecular weight is 476 g/mol. The number of sulfonamides is 1. The predicted molar refractivity (Wildman–Crippen MR) is 126 cm³/mol. The van der Waals surface area contributed by atoms with E-state index in [-0.39, 0.29) is 4.90 Å². The molecule has 0 atom stereocenters.